The number of hydrogen-bond acceptors (Lipinski definition) is 2. The fraction of sp³-hybridized carbons (Fsp3) is 0.0769. The molecule has 20 heavy (non-hydrogen) atoms. The summed E-state index contributed by atoms with van der Waals surface area (Å²) in [6.07, 6.45) is 0. The molecular weight excluding hydrogens is 357 g/mol. The van der Waals surface area contributed by atoms with Crippen molar-refractivity contribution in [3.8, 4) is 0 Å². The molecule has 0 aliphatic rings. The van der Waals surface area contributed by atoms with Crippen molar-refractivity contribution in [3.63, 3.8) is 0 Å². The van der Waals surface area contributed by atoms with Gasteiger partial charge in [-0.15, -0.1) is 0 Å². The van der Waals surface area contributed by atoms with Crippen LogP contribution >= 0.6 is 27.5 Å². The minimum absolute atomic E-state index is 0.111. The van der Waals surface area contributed by atoms with E-state index in [1.807, 2.05) is 0 Å². The number of rotatable bonds is 3. The molecule has 1 unspecified atom stereocenters. The quantitative estimate of drug-likeness (QED) is 0.489. The second kappa shape index (κ2) is 6.13. The van der Waals surface area contributed by atoms with Crippen molar-refractivity contribution < 1.29 is 13.2 Å². The Hall–Kier alpha value is -1.08. The van der Waals surface area contributed by atoms with Gasteiger partial charge in [-0.05, 0) is 29.8 Å². The standard InChI is InChI=1S/C13H9BrClF3N2/c14-7-3-6(4-8(15)5-7)13(20-19)9-1-2-10(16)12(18)11(9)17/h1-5,13,20H,19H2. The molecule has 0 amide bonds. The molecule has 0 saturated carbocycles. The van der Waals surface area contributed by atoms with Gasteiger partial charge in [0.25, 0.3) is 0 Å². The Bertz CT molecular complexity index is 632. The lowest BCUT2D eigenvalue weighted by Crippen LogP contribution is -2.30. The first-order valence-corrected chi connectivity index (χ1v) is 6.66. The molecule has 0 aliphatic heterocycles. The van der Waals surface area contributed by atoms with Crippen molar-refractivity contribution in [2.45, 2.75) is 6.04 Å². The minimum Gasteiger partial charge on any atom is -0.271 e. The summed E-state index contributed by atoms with van der Waals surface area (Å²) >= 11 is 9.16. The molecule has 2 aromatic rings. The summed E-state index contributed by atoms with van der Waals surface area (Å²) in [6.45, 7) is 0. The summed E-state index contributed by atoms with van der Waals surface area (Å²) in [6, 6.07) is 5.96. The van der Waals surface area contributed by atoms with Gasteiger partial charge in [0.2, 0.25) is 0 Å². The second-order valence-electron chi connectivity index (χ2n) is 4.07. The van der Waals surface area contributed by atoms with Crippen LogP contribution in [0.4, 0.5) is 13.2 Å². The van der Waals surface area contributed by atoms with Gasteiger partial charge in [-0.2, -0.15) is 0 Å². The molecule has 0 heterocycles. The third-order valence-corrected chi connectivity index (χ3v) is 3.44. The van der Waals surface area contributed by atoms with E-state index in [0.717, 1.165) is 12.1 Å². The highest BCUT2D eigenvalue weighted by Crippen LogP contribution is 2.30. The third kappa shape index (κ3) is 2.98. The normalized spacial score (nSPS) is 12.5. The molecule has 2 aromatic carbocycles. The summed E-state index contributed by atoms with van der Waals surface area (Å²) in [7, 11) is 0. The zero-order valence-electron chi connectivity index (χ0n) is 9.93. The van der Waals surface area contributed by atoms with Gasteiger partial charge >= 0.3 is 0 Å². The van der Waals surface area contributed by atoms with Gasteiger partial charge in [0, 0.05) is 15.1 Å². The van der Waals surface area contributed by atoms with Gasteiger partial charge in [0.15, 0.2) is 17.5 Å². The summed E-state index contributed by atoms with van der Waals surface area (Å²) < 4.78 is 40.8. The molecule has 2 rings (SSSR count). The van der Waals surface area contributed by atoms with Crippen LogP contribution in [-0.2, 0) is 0 Å². The molecule has 0 saturated heterocycles. The maximum Gasteiger partial charge on any atom is 0.194 e. The van der Waals surface area contributed by atoms with E-state index in [4.69, 9.17) is 17.4 Å². The fourth-order valence-corrected chi connectivity index (χ4v) is 2.76. The van der Waals surface area contributed by atoms with Crippen LogP contribution < -0.4 is 11.3 Å². The van der Waals surface area contributed by atoms with Gasteiger partial charge in [-0.1, -0.05) is 33.6 Å². The van der Waals surface area contributed by atoms with Crippen LogP contribution in [0.25, 0.3) is 0 Å². The van der Waals surface area contributed by atoms with Crippen molar-refractivity contribution in [2.24, 2.45) is 5.84 Å². The molecule has 0 aliphatic carbocycles. The number of nitrogens with two attached hydrogens (primary N) is 1. The number of benzene rings is 2. The molecule has 3 N–H and O–H groups in total. The first kappa shape index (κ1) is 15.3. The largest absolute Gasteiger partial charge is 0.271 e. The van der Waals surface area contributed by atoms with Gasteiger partial charge in [0.05, 0.1) is 6.04 Å². The Labute approximate surface area is 126 Å². The van der Waals surface area contributed by atoms with Crippen molar-refractivity contribution in [1.29, 1.82) is 0 Å². The Morgan fingerprint density at radius 1 is 1.10 bits per heavy atom. The highest BCUT2D eigenvalue weighted by Gasteiger charge is 2.22. The van der Waals surface area contributed by atoms with E-state index >= 15 is 0 Å². The molecule has 0 radical (unpaired) electrons. The maximum atomic E-state index is 13.8. The van der Waals surface area contributed by atoms with E-state index in [9.17, 15) is 13.2 Å². The van der Waals surface area contributed by atoms with Crippen molar-refractivity contribution in [2.75, 3.05) is 0 Å². The number of hydrogen-bond donors (Lipinski definition) is 2. The lowest BCUT2D eigenvalue weighted by Gasteiger charge is -2.18. The lowest BCUT2D eigenvalue weighted by molar-refractivity contribution is 0.433. The van der Waals surface area contributed by atoms with E-state index in [1.54, 1.807) is 18.2 Å². The Kier molecular flexibility index (Phi) is 4.70. The number of nitrogens with one attached hydrogen (secondary N) is 1. The van der Waals surface area contributed by atoms with Crippen LogP contribution in [-0.4, -0.2) is 0 Å². The highest BCUT2D eigenvalue weighted by molar-refractivity contribution is 9.10. The fourth-order valence-electron chi connectivity index (χ4n) is 1.87. The van der Waals surface area contributed by atoms with Crippen molar-refractivity contribution >= 4 is 27.5 Å². The first-order valence-electron chi connectivity index (χ1n) is 5.49. The van der Waals surface area contributed by atoms with Crippen LogP contribution in [0.2, 0.25) is 5.02 Å². The molecule has 0 spiro atoms. The summed E-state index contributed by atoms with van der Waals surface area (Å²) in [4.78, 5) is 0. The molecule has 2 nitrogen and oxygen atoms in total. The molecule has 1 atom stereocenters. The smallest absolute Gasteiger partial charge is 0.194 e. The van der Waals surface area contributed by atoms with E-state index in [-0.39, 0.29) is 5.56 Å². The highest BCUT2D eigenvalue weighted by atomic mass is 79.9. The zero-order chi connectivity index (χ0) is 14.9. The van der Waals surface area contributed by atoms with Gasteiger partial charge in [-0.25, -0.2) is 18.6 Å². The summed E-state index contributed by atoms with van der Waals surface area (Å²) in [5.74, 6) is 1.32. The molecular formula is C13H9BrClF3N2. The minimum atomic E-state index is -1.54. The van der Waals surface area contributed by atoms with Crippen LogP contribution in [0.15, 0.2) is 34.8 Å². The van der Waals surface area contributed by atoms with Gasteiger partial charge < -0.3 is 0 Å². The topological polar surface area (TPSA) is 38.0 Å². The van der Waals surface area contributed by atoms with Gasteiger partial charge in [0.1, 0.15) is 0 Å². The summed E-state index contributed by atoms with van der Waals surface area (Å²) in [5, 5.41) is 0.401. The zero-order valence-corrected chi connectivity index (χ0v) is 12.3. The lowest BCUT2D eigenvalue weighted by atomic mass is 9.98. The monoisotopic (exact) mass is 364 g/mol. The van der Waals surface area contributed by atoms with Crippen molar-refractivity contribution in [3.05, 3.63) is 68.4 Å². The average Bonchev–Trinajstić information content (AvgIpc) is 2.38. The predicted molar refractivity (Wildman–Crippen MR) is 74.6 cm³/mol. The Morgan fingerprint density at radius 3 is 2.40 bits per heavy atom. The molecule has 106 valence electrons. The number of hydrazine groups is 1. The first-order chi connectivity index (χ1) is 9.43. The van der Waals surface area contributed by atoms with Crippen LogP contribution in [0.3, 0.4) is 0 Å². The van der Waals surface area contributed by atoms with Gasteiger partial charge in [-0.3, -0.25) is 5.84 Å². The third-order valence-electron chi connectivity index (χ3n) is 2.76. The predicted octanol–water partition coefficient (Wildman–Crippen LogP) is 4.07. The second-order valence-corrected chi connectivity index (χ2v) is 5.42. The number of halogens is 5. The van der Waals surface area contributed by atoms with Crippen LogP contribution in [0.5, 0.6) is 0 Å². The Morgan fingerprint density at radius 2 is 1.80 bits per heavy atom. The van der Waals surface area contributed by atoms with E-state index in [1.165, 1.54) is 0 Å². The maximum absolute atomic E-state index is 13.8. The van der Waals surface area contributed by atoms with Crippen LogP contribution in [0.1, 0.15) is 17.2 Å². The van der Waals surface area contributed by atoms with Crippen molar-refractivity contribution in [1.82, 2.24) is 5.43 Å². The SMILES string of the molecule is NNC(c1cc(Cl)cc(Br)c1)c1ccc(F)c(F)c1F. The van der Waals surface area contributed by atoms with Crippen LogP contribution in [0, 0.1) is 17.5 Å². The Balaban J connectivity index is 2.55. The average molecular weight is 366 g/mol. The molecule has 7 heteroatoms. The van der Waals surface area contributed by atoms with E-state index in [0.29, 0.717) is 15.1 Å². The molecule has 0 aromatic heterocycles. The molecule has 0 fully saturated rings. The summed E-state index contributed by atoms with van der Waals surface area (Å²) in [5.41, 5.74) is 2.77. The van der Waals surface area contributed by atoms with E-state index < -0.39 is 23.5 Å². The van der Waals surface area contributed by atoms with E-state index in [2.05, 4.69) is 21.4 Å². The molecule has 0 bridgehead atoms.